The Balaban J connectivity index is 0.00000392. The molecule has 2 rings (SSSR count). The molecule has 1 aromatic carbocycles. The van der Waals surface area contributed by atoms with E-state index in [9.17, 15) is 4.79 Å². The van der Waals surface area contributed by atoms with Gasteiger partial charge in [0.05, 0.1) is 13.0 Å². The number of likely N-dealkylation sites (N-methyl/N-ethyl adjacent to an activating group) is 1. The van der Waals surface area contributed by atoms with Crippen LogP contribution in [0.4, 0.5) is 0 Å². The van der Waals surface area contributed by atoms with Crippen molar-refractivity contribution in [1.82, 2.24) is 15.1 Å². The Morgan fingerprint density at radius 1 is 1.29 bits per heavy atom. The quantitative estimate of drug-likeness (QED) is 0.266. The van der Waals surface area contributed by atoms with Gasteiger partial charge in [0.2, 0.25) is 0 Å². The van der Waals surface area contributed by atoms with Crippen molar-refractivity contribution in [2.24, 2.45) is 10.9 Å². The highest BCUT2D eigenvalue weighted by Crippen LogP contribution is 2.20. The summed E-state index contributed by atoms with van der Waals surface area (Å²) in [6.07, 6.45) is 1.58. The Labute approximate surface area is 185 Å². The van der Waals surface area contributed by atoms with Crippen LogP contribution < -0.4 is 10.1 Å². The number of benzene rings is 1. The van der Waals surface area contributed by atoms with Gasteiger partial charge < -0.3 is 24.6 Å². The second kappa shape index (κ2) is 12.8. The minimum absolute atomic E-state index is 0. The average molecular weight is 504 g/mol. The van der Waals surface area contributed by atoms with Crippen molar-refractivity contribution in [3.05, 3.63) is 29.8 Å². The SMILES string of the molecule is CN=C(NCc1ccccc1OCCN(C)C)N1CCC(C(=O)OC)CC1.I. The first-order valence-corrected chi connectivity index (χ1v) is 9.44. The van der Waals surface area contributed by atoms with Gasteiger partial charge in [-0.15, -0.1) is 24.0 Å². The molecule has 0 bridgehead atoms. The van der Waals surface area contributed by atoms with E-state index in [1.54, 1.807) is 7.05 Å². The predicted octanol–water partition coefficient (Wildman–Crippen LogP) is 2.21. The Bertz CT molecular complexity index is 632. The molecule has 28 heavy (non-hydrogen) atoms. The van der Waals surface area contributed by atoms with Gasteiger partial charge in [0.25, 0.3) is 0 Å². The number of aliphatic imine (C=N–C) groups is 1. The molecule has 1 heterocycles. The molecular formula is C20H33IN4O3. The van der Waals surface area contributed by atoms with E-state index in [-0.39, 0.29) is 35.9 Å². The Kier molecular flexibility index (Phi) is 11.2. The molecule has 0 radical (unpaired) electrons. The van der Waals surface area contributed by atoms with Crippen LogP contribution in [-0.4, -0.2) is 76.2 Å². The fourth-order valence-electron chi connectivity index (χ4n) is 3.13. The lowest BCUT2D eigenvalue weighted by atomic mass is 9.97. The number of nitrogens with zero attached hydrogens (tertiary/aromatic N) is 3. The minimum atomic E-state index is -0.110. The Morgan fingerprint density at radius 2 is 1.96 bits per heavy atom. The number of para-hydroxylation sites is 1. The lowest BCUT2D eigenvalue weighted by Gasteiger charge is -2.33. The number of rotatable bonds is 7. The number of carbonyl (C=O) groups is 1. The molecular weight excluding hydrogens is 471 g/mol. The zero-order valence-corrected chi connectivity index (χ0v) is 19.6. The maximum absolute atomic E-state index is 11.7. The molecule has 1 fully saturated rings. The molecule has 8 heteroatoms. The van der Waals surface area contributed by atoms with E-state index in [4.69, 9.17) is 9.47 Å². The van der Waals surface area contributed by atoms with E-state index in [1.807, 2.05) is 32.3 Å². The van der Waals surface area contributed by atoms with Crippen molar-refractivity contribution < 1.29 is 14.3 Å². The third kappa shape index (κ3) is 7.46. The van der Waals surface area contributed by atoms with Crippen LogP contribution in [0.3, 0.4) is 0 Å². The van der Waals surface area contributed by atoms with E-state index >= 15 is 0 Å². The first kappa shape index (κ1) is 24.5. The van der Waals surface area contributed by atoms with Crippen molar-refractivity contribution >= 4 is 35.9 Å². The van der Waals surface area contributed by atoms with E-state index in [0.717, 1.165) is 49.7 Å². The number of likely N-dealkylation sites (tertiary alicyclic amines) is 1. The number of esters is 1. The summed E-state index contributed by atoms with van der Waals surface area (Å²) in [5.41, 5.74) is 1.10. The van der Waals surface area contributed by atoms with E-state index in [2.05, 4.69) is 26.2 Å². The Morgan fingerprint density at radius 3 is 2.57 bits per heavy atom. The van der Waals surface area contributed by atoms with Crippen molar-refractivity contribution in [3.8, 4) is 5.75 Å². The maximum atomic E-state index is 11.7. The molecule has 0 aromatic heterocycles. The third-order valence-electron chi connectivity index (χ3n) is 4.75. The van der Waals surface area contributed by atoms with E-state index in [1.165, 1.54) is 7.11 Å². The zero-order chi connectivity index (χ0) is 19.6. The predicted molar refractivity (Wildman–Crippen MR) is 122 cm³/mol. The number of piperidine rings is 1. The molecule has 0 aliphatic carbocycles. The monoisotopic (exact) mass is 504 g/mol. The fourth-order valence-corrected chi connectivity index (χ4v) is 3.13. The summed E-state index contributed by atoms with van der Waals surface area (Å²) in [6, 6.07) is 8.06. The molecule has 7 nitrogen and oxygen atoms in total. The van der Waals surface area contributed by atoms with Gasteiger partial charge in [-0.05, 0) is 33.0 Å². The van der Waals surface area contributed by atoms with Gasteiger partial charge in [-0.1, -0.05) is 18.2 Å². The van der Waals surface area contributed by atoms with Gasteiger partial charge in [-0.3, -0.25) is 9.79 Å². The van der Waals surface area contributed by atoms with Gasteiger partial charge in [-0.2, -0.15) is 0 Å². The van der Waals surface area contributed by atoms with Crippen LogP contribution in [0.2, 0.25) is 0 Å². The normalized spacial score (nSPS) is 15.2. The molecule has 0 spiro atoms. The summed E-state index contributed by atoms with van der Waals surface area (Å²) in [5, 5.41) is 3.42. The van der Waals surface area contributed by atoms with Gasteiger partial charge in [0.1, 0.15) is 12.4 Å². The van der Waals surface area contributed by atoms with Gasteiger partial charge >= 0.3 is 5.97 Å². The fraction of sp³-hybridized carbons (Fsp3) is 0.600. The van der Waals surface area contributed by atoms with Gasteiger partial charge in [0.15, 0.2) is 5.96 Å². The Hall–Kier alpha value is -1.55. The number of ether oxygens (including phenoxy) is 2. The smallest absolute Gasteiger partial charge is 0.308 e. The molecule has 1 saturated heterocycles. The highest BCUT2D eigenvalue weighted by Gasteiger charge is 2.26. The number of hydrogen-bond donors (Lipinski definition) is 1. The van der Waals surface area contributed by atoms with E-state index in [0.29, 0.717) is 13.2 Å². The van der Waals surface area contributed by atoms with Crippen LogP contribution in [0, 0.1) is 5.92 Å². The first-order chi connectivity index (χ1) is 13.0. The van der Waals surface area contributed by atoms with E-state index < -0.39 is 0 Å². The second-order valence-corrected chi connectivity index (χ2v) is 6.94. The first-order valence-electron chi connectivity index (χ1n) is 9.44. The topological polar surface area (TPSA) is 66.4 Å². The highest BCUT2D eigenvalue weighted by atomic mass is 127. The lowest BCUT2D eigenvalue weighted by Crippen LogP contribution is -2.46. The van der Waals surface area contributed by atoms with Crippen LogP contribution in [0.5, 0.6) is 5.75 Å². The van der Waals surface area contributed by atoms with Crippen LogP contribution in [0.1, 0.15) is 18.4 Å². The van der Waals surface area contributed by atoms with Crippen molar-refractivity contribution in [1.29, 1.82) is 0 Å². The molecule has 1 N–H and O–H groups in total. The average Bonchev–Trinajstić information content (AvgIpc) is 2.69. The molecule has 1 aliphatic rings. The molecule has 1 aliphatic heterocycles. The largest absolute Gasteiger partial charge is 0.492 e. The summed E-state index contributed by atoms with van der Waals surface area (Å²) in [4.78, 5) is 20.4. The number of guanidine groups is 1. The second-order valence-electron chi connectivity index (χ2n) is 6.94. The van der Waals surface area contributed by atoms with Crippen molar-refractivity contribution in [2.75, 3.05) is 54.5 Å². The highest BCUT2D eigenvalue weighted by molar-refractivity contribution is 14.0. The summed E-state index contributed by atoms with van der Waals surface area (Å²) in [5.74, 6) is 1.63. The summed E-state index contributed by atoms with van der Waals surface area (Å²) in [6.45, 7) is 3.75. The number of hydrogen-bond acceptors (Lipinski definition) is 5. The van der Waals surface area contributed by atoms with Gasteiger partial charge in [0, 0.05) is 38.8 Å². The molecule has 1 aromatic rings. The number of carbonyl (C=O) groups excluding carboxylic acids is 1. The minimum Gasteiger partial charge on any atom is -0.492 e. The van der Waals surface area contributed by atoms with Crippen LogP contribution >= 0.6 is 24.0 Å². The molecule has 0 amide bonds. The third-order valence-corrected chi connectivity index (χ3v) is 4.75. The standard InChI is InChI=1S/C20H32N4O3.HI/c1-21-20(24-11-9-16(10-12-24)19(25)26-4)22-15-17-7-5-6-8-18(17)27-14-13-23(2)3;/h5-8,16H,9-15H2,1-4H3,(H,21,22);1H. The maximum Gasteiger partial charge on any atom is 0.308 e. The zero-order valence-electron chi connectivity index (χ0n) is 17.3. The van der Waals surface area contributed by atoms with Crippen LogP contribution in [0.25, 0.3) is 0 Å². The number of methoxy groups -OCH3 is 1. The van der Waals surface area contributed by atoms with Gasteiger partial charge in [-0.25, -0.2) is 0 Å². The number of nitrogens with one attached hydrogen (secondary N) is 1. The van der Waals surface area contributed by atoms with Crippen molar-refractivity contribution in [2.45, 2.75) is 19.4 Å². The van der Waals surface area contributed by atoms with Crippen molar-refractivity contribution in [3.63, 3.8) is 0 Å². The molecule has 0 unspecified atom stereocenters. The molecule has 158 valence electrons. The summed E-state index contributed by atoms with van der Waals surface area (Å²) >= 11 is 0. The molecule has 0 atom stereocenters. The van der Waals surface area contributed by atoms with Crippen LogP contribution in [0.15, 0.2) is 29.3 Å². The van der Waals surface area contributed by atoms with Crippen LogP contribution in [-0.2, 0) is 16.1 Å². The molecule has 0 saturated carbocycles. The number of halogens is 1. The summed E-state index contributed by atoms with van der Waals surface area (Å²) < 4.78 is 10.8. The lowest BCUT2D eigenvalue weighted by molar-refractivity contribution is -0.146. The summed E-state index contributed by atoms with van der Waals surface area (Å²) in [7, 11) is 7.30.